The molecule has 4 rings (SSSR count). The number of anilines is 1. The van der Waals surface area contributed by atoms with Crippen molar-refractivity contribution in [2.45, 2.75) is 31.8 Å². The first-order chi connectivity index (χ1) is 11.6. The van der Waals surface area contributed by atoms with Gasteiger partial charge in [-0.3, -0.25) is 4.79 Å². The molecule has 0 aromatic heterocycles. The summed E-state index contributed by atoms with van der Waals surface area (Å²) in [6.45, 7) is 4.24. The maximum atomic E-state index is 12.9. The quantitative estimate of drug-likeness (QED) is 0.811. The molecule has 4 nitrogen and oxygen atoms in total. The van der Waals surface area contributed by atoms with Gasteiger partial charge in [-0.25, -0.2) is 0 Å². The van der Waals surface area contributed by atoms with Gasteiger partial charge in [0.05, 0.1) is 24.7 Å². The molecule has 2 aromatic rings. The summed E-state index contributed by atoms with van der Waals surface area (Å²) >= 11 is 0. The molecule has 124 valence electrons. The van der Waals surface area contributed by atoms with E-state index in [1.54, 1.807) is 0 Å². The summed E-state index contributed by atoms with van der Waals surface area (Å²) in [5, 5.41) is 0. The Morgan fingerprint density at radius 1 is 1.00 bits per heavy atom. The summed E-state index contributed by atoms with van der Waals surface area (Å²) in [6, 6.07) is 19.9. The standard InChI is InChI=1S/C20H21NO3/c1-20(2)23-13-16(24-20)17-18(14-9-5-3-6-10-14)21(19(17)22)15-11-7-4-8-12-15/h3-12,16-18H,13H2,1-2H3/t16-,17-,18+/m0/s1. The Bertz CT molecular complexity index is 729. The van der Waals surface area contributed by atoms with Crippen molar-refractivity contribution >= 4 is 11.6 Å². The van der Waals surface area contributed by atoms with E-state index >= 15 is 0 Å². The molecule has 0 radical (unpaired) electrons. The van der Waals surface area contributed by atoms with Gasteiger partial charge in [-0.2, -0.15) is 0 Å². The number of nitrogens with zero attached hydrogens (tertiary/aromatic N) is 1. The maximum absolute atomic E-state index is 12.9. The third kappa shape index (κ3) is 2.52. The molecule has 0 bridgehead atoms. The lowest BCUT2D eigenvalue weighted by Crippen LogP contribution is -2.60. The third-order valence-electron chi connectivity index (χ3n) is 4.75. The van der Waals surface area contributed by atoms with Crippen molar-refractivity contribution in [3.05, 3.63) is 66.2 Å². The van der Waals surface area contributed by atoms with Crippen LogP contribution in [0.15, 0.2) is 60.7 Å². The number of β-lactam (4-membered cyclic amide) rings is 1. The fourth-order valence-electron chi connectivity index (χ4n) is 3.65. The summed E-state index contributed by atoms with van der Waals surface area (Å²) in [4.78, 5) is 14.8. The molecule has 2 aliphatic rings. The second-order valence-electron chi connectivity index (χ2n) is 6.79. The highest BCUT2D eigenvalue weighted by Crippen LogP contribution is 2.47. The van der Waals surface area contributed by atoms with Crippen LogP contribution >= 0.6 is 0 Å². The summed E-state index contributed by atoms with van der Waals surface area (Å²) in [5.41, 5.74) is 2.05. The Morgan fingerprint density at radius 3 is 2.21 bits per heavy atom. The van der Waals surface area contributed by atoms with Gasteiger partial charge in [-0.1, -0.05) is 48.5 Å². The van der Waals surface area contributed by atoms with Gasteiger partial charge in [0.15, 0.2) is 5.79 Å². The van der Waals surface area contributed by atoms with Gasteiger partial charge in [-0.15, -0.1) is 0 Å². The number of hydrogen-bond acceptors (Lipinski definition) is 3. The summed E-state index contributed by atoms with van der Waals surface area (Å²) in [7, 11) is 0. The molecule has 2 fully saturated rings. The van der Waals surface area contributed by atoms with E-state index in [1.807, 2.05) is 67.3 Å². The molecule has 0 aliphatic carbocycles. The molecule has 2 heterocycles. The summed E-state index contributed by atoms with van der Waals surface area (Å²) in [6.07, 6.45) is -0.210. The highest BCUT2D eigenvalue weighted by Gasteiger charge is 2.55. The van der Waals surface area contributed by atoms with Gasteiger partial charge >= 0.3 is 0 Å². The molecule has 2 aliphatic heterocycles. The monoisotopic (exact) mass is 323 g/mol. The van der Waals surface area contributed by atoms with E-state index in [2.05, 4.69) is 12.1 Å². The number of hydrogen-bond donors (Lipinski definition) is 0. The largest absolute Gasteiger partial charge is 0.348 e. The van der Waals surface area contributed by atoms with Crippen molar-refractivity contribution in [2.24, 2.45) is 5.92 Å². The summed E-state index contributed by atoms with van der Waals surface area (Å²) in [5.74, 6) is -0.741. The lowest BCUT2D eigenvalue weighted by atomic mass is 9.78. The van der Waals surface area contributed by atoms with Crippen molar-refractivity contribution in [3.63, 3.8) is 0 Å². The normalized spacial score (nSPS) is 28.7. The minimum Gasteiger partial charge on any atom is -0.348 e. The molecule has 0 unspecified atom stereocenters. The van der Waals surface area contributed by atoms with Crippen molar-refractivity contribution in [1.29, 1.82) is 0 Å². The van der Waals surface area contributed by atoms with E-state index < -0.39 is 5.79 Å². The molecule has 24 heavy (non-hydrogen) atoms. The number of carbonyl (C=O) groups excluding carboxylic acids is 1. The van der Waals surface area contributed by atoms with Crippen LogP contribution in [0.4, 0.5) is 5.69 Å². The fourth-order valence-corrected chi connectivity index (χ4v) is 3.65. The molecule has 0 N–H and O–H groups in total. The Hall–Kier alpha value is -2.17. The number of para-hydroxylation sites is 1. The maximum Gasteiger partial charge on any atom is 0.235 e. The zero-order valence-corrected chi connectivity index (χ0v) is 13.9. The van der Waals surface area contributed by atoms with Gasteiger partial charge < -0.3 is 14.4 Å². The van der Waals surface area contributed by atoms with Crippen molar-refractivity contribution in [1.82, 2.24) is 0 Å². The van der Waals surface area contributed by atoms with E-state index in [0.717, 1.165) is 11.3 Å². The molecule has 1 amide bonds. The lowest BCUT2D eigenvalue weighted by Gasteiger charge is -2.49. The smallest absolute Gasteiger partial charge is 0.235 e. The number of amides is 1. The number of carbonyl (C=O) groups is 1. The molecule has 0 saturated carbocycles. The van der Waals surface area contributed by atoms with Crippen molar-refractivity contribution < 1.29 is 14.3 Å². The predicted molar refractivity (Wildman–Crippen MR) is 91.5 cm³/mol. The SMILES string of the molecule is CC1(C)OC[C@@H]([C@@H]2C(=O)N(c3ccccc3)[C@@H]2c2ccccc2)O1. The zero-order valence-electron chi connectivity index (χ0n) is 13.9. The first kappa shape index (κ1) is 15.4. The summed E-state index contributed by atoms with van der Waals surface area (Å²) < 4.78 is 11.7. The van der Waals surface area contributed by atoms with E-state index in [0.29, 0.717) is 6.61 Å². The molecular weight excluding hydrogens is 302 g/mol. The minimum absolute atomic E-state index is 0.0244. The third-order valence-corrected chi connectivity index (χ3v) is 4.75. The van der Waals surface area contributed by atoms with E-state index in [9.17, 15) is 4.79 Å². The van der Waals surface area contributed by atoms with Crippen molar-refractivity contribution in [2.75, 3.05) is 11.5 Å². The van der Waals surface area contributed by atoms with Crippen LogP contribution in [-0.4, -0.2) is 24.4 Å². The average molecular weight is 323 g/mol. The second kappa shape index (κ2) is 5.72. The second-order valence-corrected chi connectivity index (χ2v) is 6.79. The van der Waals surface area contributed by atoms with Crippen LogP contribution in [-0.2, 0) is 14.3 Å². The molecule has 2 saturated heterocycles. The van der Waals surface area contributed by atoms with E-state index in [1.165, 1.54) is 0 Å². The first-order valence-electron chi connectivity index (χ1n) is 8.32. The van der Waals surface area contributed by atoms with Crippen LogP contribution in [0.25, 0.3) is 0 Å². The number of benzene rings is 2. The van der Waals surface area contributed by atoms with Crippen LogP contribution in [0.1, 0.15) is 25.5 Å². The van der Waals surface area contributed by atoms with Gasteiger partial charge in [-0.05, 0) is 31.5 Å². The van der Waals surface area contributed by atoms with Gasteiger partial charge in [0.2, 0.25) is 5.91 Å². The number of ether oxygens (including phenoxy) is 2. The first-order valence-corrected chi connectivity index (χ1v) is 8.32. The van der Waals surface area contributed by atoms with Crippen LogP contribution in [0.2, 0.25) is 0 Å². The Kier molecular flexibility index (Phi) is 3.66. The highest BCUT2D eigenvalue weighted by molar-refractivity contribution is 6.03. The van der Waals surface area contributed by atoms with Crippen molar-refractivity contribution in [3.8, 4) is 0 Å². The molecule has 3 atom stereocenters. The highest BCUT2D eigenvalue weighted by atomic mass is 16.7. The Labute approximate surface area is 142 Å². The van der Waals surface area contributed by atoms with E-state index in [4.69, 9.17) is 9.47 Å². The molecule has 2 aromatic carbocycles. The Morgan fingerprint density at radius 2 is 1.62 bits per heavy atom. The topological polar surface area (TPSA) is 38.8 Å². The molecule has 0 spiro atoms. The van der Waals surface area contributed by atoms with Crippen LogP contribution in [0.3, 0.4) is 0 Å². The van der Waals surface area contributed by atoms with Crippen LogP contribution in [0.5, 0.6) is 0 Å². The molecule has 4 heteroatoms. The minimum atomic E-state index is -0.626. The zero-order chi connectivity index (χ0) is 16.7. The fraction of sp³-hybridized carbons (Fsp3) is 0.350. The average Bonchev–Trinajstić information content (AvgIpc) is 2.93. The van der Waals surface area contributed by atoms with Crippen LogP contribution in [0, 0.1) is 5.92 Å². The predicted octanol–water partition coefficient (Wildman–Crippen LogP) is 3.54. The molecular formula is C20H21NO3. The van der Waals surface area contributed by atoms with Gasteiger partial charge in [0.25, 0.3) is 0 Å². The van der Waals surface area contributed by atoms with Gasteiger partial charge in [0.1, 0.15) is 0 Å². The van der Waals surface area contributed by atoms with Gasteiger partial charge in [0, 0.05) is 5.69 Å². The lowest BCUT2D eigenvalue weighted by molar-refractivity contribution is -0.157. The van der Waals surface area contributed by atoms with E-state index in [-0.39, 0.29) is 24.0 Å². The van der Waals surface area contributed by atoms with Crippen LogP contribution < -0.4 is 4.90 Å². The number of rotatable bonds is 3. The Balaban J connectivity index is 1.68.